The molecule has 2 aromatic rings. The Hall–Kier alpha value is -1.79. The van der Waals surface area contributed by atoms with Crippen LogP contribution in [0.1, 0.15) is 5.56 Å². The molecule has 1 saturated heterocycles. The maximum Gasteiger partial charge on any atom is 0.265 e. The quantitative estimate of drug-likeness (QED) is 0.595. The van der Waals surface area contributed by atoms with Crippen molar-refractivity contribution >= 4 is 51.3 Å². The fraction of sp³-hybridized carbons (Fsp3) is 0.0769. The fourth-order valence-corrected chi connectivity index (χ4v) is 2.95. The van der Waals surface area contributed by atoms with Gasteiger partial charge in [-0.1, -0.05) is 30.0 Å². The van der Waals surface area contributed by atoms with Crippen molar-refractivity contribution in [2.45, 2.75) is 0 Å². The molecule has 4 nitrogen and oxygen atoms in total. The van der Waals surface area contributed by atoms with E-state index in [4.69, 9.17) is 12.2 Å². The first kappa shape index (κ1) is 12.3. The molecule has 0 atom stereocenters. The number of carbonyl (C=O) groups excluding carboxylic acids is 1. The van der Waals surface area contributed by atoms with Gasteiger partial charge in [0.15, 0.2) is 0 Å². The fourth-order valence-electron chi connectivity index (χ4n) is 1.77. The van der Waals surface area contributed by atoms with Gasteiger partial charge in [-0.05, 0) is 23.8 Å². The molecular formula is C13H9N3OS2. The number of thiocarbonyl (C=S) groups is 1. The molecule has 1 amide bonds. The molecule has 3 rings (SSSR count). The molecule has 0 saturated carbocycles. The molecule has 19 heavy (non-hydrogen) atoms. The lowest BCUT2D eigenvalue weighted by molar-refractivity contribution is -0.121. The molecule has 94 valence electrons. The van der Waals surface area contributed by atoms with E-state index in [2.05, 4.69) is 9.97 Å². The third-order valence-corrected chi connectivity index (χ3v) is 4.26. The van der Waals surface area contributed by atoms with Crippen LogP contribution < -0.4 is 0 Å². The summed E-state index contributed by atoms with van der Waals surface area (Å²) in [6.45, 7) is 0. The van der Waals surface area contributed by atoms with Crippen LogP contribution in [0.15, 0.2) is 35.5 Å². The van der Waals surface area contributed by atoms with E-state index in [9.17, 15) is 4.79 Å². The average Bonchev–Trinajstić information content (AvgIpc) is 2.66. The number of hydrogen-bond donors (Lipinski definition) is 0. The summed E-state index contributed by atoms with van der Waals surface area (Å²) in [4.78, 5) is 22.5. The van der Waals surface area contributed by atoms with Crippen LogP contribution >= 0.6 is 24.0 Å². The van der Waals surface area contributed by atoms with E-state index in [-0.39, 0.29) is 5.91 Å². The number of carbonyl (C=O) groups is 1. The predicted molar refractivity (Wildman–Crippen MR) is 80.5 cm³/mol. The summed E-state index contributed by atoms with van der Waals surface area (Å²) >= 11 is 6.41. The Kier molecular flexibility index (Phi) is 3.04. The number of amides is 1. The van der Waals surface area contributed by atoms with Crippen molar-refractivity contribution in [2.24, 2.45) is 0 Å². The topological polar surface area (TPSA) is 46.1 Å². The van der Waals surface area contributed by atoms with E-state index in [0.717, 1.165) is 16.6 Å². The first-order valence-electron chi connectivity index (χ1n) is 5.57. The molecule has 0 spiro atoms. The van der Waals surface area contributed by atoms with E-state index in [1.807, 2.05) is 24.3 Å². The minimum atomic E-state index is -0.0609. The van der Waals surface area contributed by atoms with Crippen molar-refractivity contribution in [3.8, 4) is 0 Å². The smallest absolute Gasteiger partial charge is 0.265 e. The van der Waals surface area contributed by atoms with Crippen molar-refractivity contribution in [3.05, 3.63) is 41.1 Å². The Morgan fingerprint density at radius 1 is 1.26 bits per heavy atom. The van der Waals surface area contributed by atoms with Gasteiger partial charge in [-0.15, -0.1) is 0 Å². The van der Waals surface area contributed by atoms with Crippen LogP contribution in [0.3, 0.4) is 0 Å². The second kappa shape index (κ2) is 4.71. The molecule has 6 heteroatoms. The van der Waals surface area contributed by atoms with Crippen LogP contribution in [0.2, 0.25) is 0 Å². The SMILES string of the molecule is CN1C(=O)C(=Cc2ccc3nccnc3c2)SC1=S. The maximum absolute atomic E-state index is 11.9. The lowest BCUT2D eigenvalue weighted by atomic mass is 10.2. The number of thioether (sulfide) groups is 1. The summed E-state index contributed by atoms with van der Waals surface area (Å²) in [5, 5.41) is 0. The van der Waals surface area contributed by atoms with Gasteiger partial charge in [0.2, 0.25) is 0 Å². The molecule has 0 unspecified atom stereocenters. The largest absolute Gasteiger partial charge is 0.296 e. The first-order valence-corrected chi connectivity index (χ1v) is 6.80. The van der Waals surface area contributed by atoms with Gasteiger partial charge in [0.05, 0.1) is 15.9 Å². The normalized spacial score (nSPS) is 17.7. The van der Waals surface area contributed by atoms with Crippen LogP contribution in [-0.2, 0) is 4.79 Å². The zero-order valence-corrected chi connectivity index (χ0v) is 11.7. The first-order chi connectivity index (χ1) is 9.15. The van der Waals surface area contributed by atoms with Crippen LogP contribution in [-0.4, -0.2) is 32.1 Å². The number of nitrogens with zero attached hydrogens (tertiary/aromatic N) is 3. The van der Waals surface area contributed by atoms with Gasteiger partial charge in [-0.2, -0.15) is 0 Å². The minimum absolute atomic E-state index is 0.0609. The van der Waals surface area contributed by atoms with Crippen molar-refractivity contribution in [3.63, 3.8) is 0 Å². The van der Waals surface area contributed by atoms with Crippen molar-refractivity contribution in [1.82, 2.24) is 14.9 Å². The van der Waals surface area contributed by atoms with Crippen molar-refractivity contribution < 1.29 is 4.79 Å². The Morgan fingerprint density at radius 3 is 2.68 bits per heavy atom. The monoisotopic (exact) mass is 287 g/mol. The summed E-state index contributed by atoms with van der Waals surface area (Å²) in [6, 6.07) is 5.71. The third-order valence-electron chi connectivity index (χ3n) is 2.78. The van der Waals surface area contributed by atoms with Gasteiger partial charge >= 0.3 is 0 Å². The van der Waals surface area contributed by atoms with E-state index in [1.165, 1.54) is 16.7 Å². The van der Waals surface area contributed by atoms with Gasteiger partial charge < -0.3 is 0 Å². The number of hydrogen-bond acceptors (Lipinski definition) is 5. The lowest BCUT2D eigenvalue weighted by Gasteiger charge is -2.03. The summed E-state index contributed by atoms with van der Waals surface area (Å²) < 4.78 is 0.580. The molecule has 0 aliphatic carbocycles. The van der Waals surface area contributed by atoms with E-state index >= 15 is 0 Å². The number of likely N-dealkylation sites (N-methyl/N-ethyl adjacent to an activating group) is 1. The standard InChI is InChI=1S/C13H9N3OS2/c1-16-12(17)11(19-13(16)18)7-8-2-3-9-10(6-8)15-5-4-14-9/h2-7H,1H3. The van der Waals surface area contributed by atoms with Crippen LogP contribution in [0.5, 0.6) is 0 Å². The van der Waals surface area contributed by atoms with Crippen LogP contribution in [0, 0.1) is 0 Å². The Balaban J connectivity index is 2.02. The van der Waals surface area contributed by atoms with Crippen molar-refractivity contribution in [1.29, 1.82) is 0 Å². The number of rotatable bonds is 1. The summed E-state index contributed by atoms with van der Waals surface area (Å²) in [5.74, 6) is -0.0609. The van der Waals surface area contributed by atoms with Gasteiger partial charge in [-0.3, -0.25) is 19.7 Å². The molecule has 1 fully saturated rings. The minimum Gasteiger partial charge on any atom is -0.296 e. The molecule has 0 N–H and O–H groups in total. The number of benzene rings is 1. The van der Waals surface area contributed by atoms with Crippen molar-refractivity contribution in [2.75, 3.05) is 7.05 Å². The van der Waals surface area contributed by atoms with E-state index in [1.54, 1.807) is 19.4 Å². The highest BCUT2D eigenvalue weighted by Crippen LogP contribution is 2.31. The molecule has 0 radical (unpaired) electrons. The zero-order valence-electron chi connectivity index (χ0n) is 10.0. The molecule has 2 heterocycles. The van der Waals surface area contributed by atoms with Gasteiger partial charge in [0, 0.05) is 19.4 Å². The van der Waals surface area contributed by atoms with Crippen LogP contribution in [0.25, 0.3) is 17.1 Å². The maximum atomic E-state index is 11.9. The Labute approximate surface area is 119 Å². The molecule has 0 bridgehead atoms. The number of aromatic nitrogens is 2. The zero-order chi connectivity index (χ0) is 13.4. The van der Waals surface area contributed by atoms with E-state index in [0.29, 0.717) is 9.23 Å². The summed E-state index contributed by atoms with van der Waals surface area (Å²) in [6.07, 6.45) is 5.14. The molecule has 1 aliphatic rings. The van der Waals surface area contributed by atoms with Crippen LogP contribution in [0.4, 0.5) is 0 Å². The highest BCUT2D eigenvalue weighted by atomic mass is 32.2. The Morgan fingerprint density at radius 2 is 2.00 bits per heavy atom. The molecule has 1 aliphatic heterocycles. The second-order valence-corrected chi connectivity index (χ2v) is 5.72. The molecular weight excluding hydrogens is 278 g/mol. The lowest BCUT2D eigenvalue weighted by Crippen LogP contribution is -2.22. The van der Waals surface area contributed by atoms with Gasteiger partial charge in [0.25, 0.3) is 5.91 Å². The second-order valence-electron chi connectivity index (χ2n) is 4.05. The average molecular weight is 287 g/mol. The summed E-state index contributed by atoms with van der Waals surface area (Å²) in [5.41, 5.74) is 2.56. The highest BCUT2D eigenvalue weighted by molar-refractivity contribution is 8.26. The van der Waals surface area contributed by atoms with E-state index < -0.39 is 0 Å². The van der Waals surface area contributed by atoms with Gasteiger partial charge in [-0.25, -0.2) is 0 Å². The summed E-state index contributed by atoms with van der Waals surface area (Å²) in [7, 11) is 1.68. The predicted octanol–water partition coefficient (Wildman–Crippen LogP) is 2.46. The molecule has 1 aromatic carbocycles. The third kappa shape index (κ3) is 2.24. The number of fused-ring (bicyclic) bond motifs is 1. The Bertz CT molecular complexity index is 727. The molecule has 1 aromatic heterocycles. The highest BCUT2D eigenvalue weighted by Gasteiger charge is 2.28. The van der Waals surface area contributed by atoms with Gasteiger partial charge in [0.1, 0.15) is 4.32 Å².